The quantitative estimate of drug-likeness (QED) is 0.884. The number of sulfonamides is 1. The molecular weight excluding hydrogens is 280 g/mol. The second kappa shape index (κ2) is 6.26. The summed E-state index contributed by atoms with van der Waals surface area (Å²) < 4.78 is 37.1. The summed E-state index contributed by atoms with van der Waals surface area (Å²) >= 11 is 0. The van der Waals surface area contributed by atoms with Crippen LogP contribution in [0, 0.1) is 0 Å². The van der Waals surface area contributed by atoms with E-state index in [0.717, 1.165) is 0 Å². The molecule has 1 fully saturated rings. The molecule has 114 valence electrons. The molecule has 1 unspecified atom stereocenters. The summed E-state index contributed by atoms with van der Waals surface area (Å²) in [5, 5.41) is 3.20. The molecule has 0 spiro atoms. The Kier molecular flexibility index (Phi) is 4.85. The molecule has 0 radical (unpaired) electrons. The number of hydrogen-bond donors (Lipinski definition) is 1. The lowest BCUT2D eigenvalue weighted by atomic mass is 10.3. The number of morpholine rings is 1. The highest BCUT2D eigenvalue weighted by molar-refractivity contribution is 7.89. The van der Waals surface area contributed by atoms with Crippen LogP contribution >= 0.6 is 0 Å². The summed E-state index contributed by atoms with van der Waals surface area (Å²) in [6, 6.07) is 3.54. The first-order chi connectivity index (χ1) is 9.39. The second-order valence-electron chi connectivity index (χ2n) is 5.30. The van der Waals surface area contributed by atoms with Gasteiger partial charge in [0.2, 0.25) is 5.09 Å². The van der Waals surface area contributed by atoms with Crippen molar-refractivity contribution in [2.24, 2.45) is 0 Å². The lowest BCUT2D eigenvalue weighted by Gasteiger charge is -2.29. The minimum atomic E-state index is -3.55. The van der Waals surface area contributed by atoms with E-state index < -0.39 is 10.0 Å². The van der Waals surface area contributed by atoms with Gasteiger partial charge >= 0.3 is 0 Å². The van der Waals surface area contributed by atoms with Crippen molar-refractivity contribution in [3.05, 3.63) is 17.9 Å². The molecule has 1 saturated heterocycles. The Morgan fingerprint density at radius 1 is 1.45 bits per heavy atom. The molecule has 1 aliphatic heterocycles. The van der Waals surface area contributed by atoms with Crippen molar-refractivity contribution in [3.63, 3.8) is 0 Å². The molecule has 0 saturated carbocycles. The number of hydrogen-bond acceptors (Lipinski definition) is 5. The minimum Gasteiger partial charge on any atom is -0.447 e. The van der Waals surface area contributed by atoms with Gasteiger partial charge in [-0.2, -0.15) is 4.31 Å². The SMILES string of the molecule is CC(C)NCc1ccc(S(=O)(=O)N2CCOC(C)C2)o1. The van der Waals surface area contributed by atoms with Crippen LogP contribution in [-0.4, -0.2) is 44.6 Å². The molecule has 7 heteroatoms. The van der Waals surface area contributed by atoms with Gasteiger partial charge in [0.25, 0.3) is 10.0 Å². The molecule has 0 aromatic carbocycles. The Morgan fingerprint density at radius 3 is 2.85 bits per heavy atom. The third kappa shape index (κ3) is 3.60. The van der Waals surface area contributed by atoms with Gasteiger partial charge in [-0.25, -0.2) is 8.42 Å². The monoisotopic (exact) mass is 302 g/mol. The van der Waals surface area contributed by atoms with E-state index in [9.17, 15) is 8.42 Å². The Labute approximate surface area is 120 Å². The lowest BCUT2D eigenvalue weighted by molar-refractivity contribution is 0.00975. The number of nitrogens with one attached hydrogen (secondary N) is 1. The fraction of sp³-hybridized carbons (Fsp3) is 0.692. The fourth-order valence-corrected chi connectivity index (χ4v) is 3.46. The van der Waals surface area contributed by atoms with Gasteiger partial charge in [0.1, 0.15) is 5.76 Å². The largest absolute Gasteiger partial charge is 0.447 e. The molecule has 1 aromatic rings. The van der Waals surface area contributed by atoms with Crippen LogP contribution in [0.15, 0.2) is 21.6 Å². The van der Waals surface area contributed by atoms with E-state index >= 15 is 0 Å². The van der Waals surface area contributed by atoms with Crippen LogP contribution in [-0.2, 0) is 21.3 Å². The van der Waals surface area contributed by atoms with Crippen LogP contribution in [0.3, 0.4) is 0 Å². The zero-order chi connectivity index (χ0) is 14.8. The third-order valence-electron chi connectivity index (χ3n) is 3.12. The average Bonchev–Trinajstić information content (AvgIpc) is 2.86. The maximum atomic E-state index is 12.4. The van der Waals surface area contributed by atoms with Gasteiger partial charge in [0.05, 0.1) is 19.3 Å². The van der Waals surface area contributed by atoms with Gasteiger partial charge in [-0.1, -0.05) is 13.8 Å². The van der Waals surface area contributed by atoms with E-state index in [4.69, 9.17) is 9.15 Å². The van der Waals surface area contributed by atoms with Gasteiger partial charge in [-0.15, -0.1) is 0 Å². The molecule has 2 rings (SSSR count). The number of ether oxygens (including phenoxy) is 1. The van der Waals surface area contributed by atoms with Gasteiger partial charge in [0, 0.05) is 19.1 Å². The second-order valence-corrected chi connectivity index (χ2v) is 7.17. The van der Waals surface area contributed by atoms with Crippen molar-refractivity contribution in [1.29, 1.82) is 0 Å². The van der Waals surface area contributed by atoms with Crippen LogP contribution in [0.1, 0.15) is 26.5 Å². The smallest absolute Gasteiger partial charge is 0.276 e. The van der Waals surface area contributed by atoms with Crippen molar-refractivity contribution in [2.75, 3.05) is 19.7 Å². The molecule has 1 N–H and O–H groups in total. The summed E-state index contributed by atoms with van der Waals surface area (Å²) in [6.07, 6.45) is -0.0874. The number of rotatable bonds is 5. The highest BCUT2D eigenvalue weighted by atomic mass is 32.2. The fourth-order valence-electron chi connectivity index (χ4n) is 2.03. The molecule has 1 atom stereocenters. The predicted octanol–water partition coefficient (Wildman–Crippen LogP) is 1.19. The molecule has 2 heterocycles. The summed E-state index contributed by atoms with van der Waals surface area (Å²) in [5.74, 6) is 0.624. The van der Waals surface area contributed by atoms with Crippen LogP contribution in [0.5, 0.6) is 0 Å². The number of nitrogens with zero attached hydrogens (tertiary/aromatic N) is 1. The van der Waals surface area contributed by atoms with Crippen molar-refractivity contribution >= 4 is 10.0 Å². The number of furan rings is 1. The standard InChI is InChI=1S/C13H22N2O4S/c1-10(2)14-8-12-4-5-13(19-12)20(16,17)15-6-7-18-11(3)9-15/h4-5,10-11,14H,6-9H2,1-3H3. The average molecular weight is 302 g/mol. The van der Waals surface area contributed by atoms with Crippen molar-refractivity contribution in [2.45, 2.75) is 44.6 Å². The zero-order valence-corrected chi connectivity index (χ0v) is 12.9. The van der Waals surface area contributed by atoms with Crippen LogP contribution in [0.2, 0.25) is 0 Å². The first-order valence-electron chi connectivity index (χ1n) is 6.83. The summed E-state index contributed by atoms with van der Waals surface area (Å²) in [6.45, 7) is 7.58. The summed E-state index contributed by atoms with van der Waals surface area (Å²) in [5.41, 5.74) is 0. The molecule has 0 bridgehead atoms. The lowest BCUT2D eigenvalue weighted by Crippen LogP contribution is -2.44. The van der Waals surface area contributed by atoms with E-state index in [1.165, 1.54) is 10.4 Å². The first kappa shape index (κ1) is 15.5. The van der Waals surface area contributed by atoms with E-state index in [1.807, 2.05) is 20.8 Å². The van der Waals surface area contributed by atoms with Gasteiger partial charge < -0.3 is 14.5 Å². The highest BCUT2D eigenvalue weighted by Crippen LogP contribution is 2.21. The first-order valence-corrected chi connectivity index (χ1v) is 8.27. The van der Waals surface area contributed by atoms with Crippen LogP contribution in [0.25, 0.3) is 0 Å². The topological polar surface area (TPSA) is 71.8 Å². The predicted molar refractivity (Wildman–Crippen MR) is 74.9 cm³/mol. The summed E-state index contributed by atoms with van der Waals surface area (Å²) in [7, 11) is -3.55. The Morgan fingerprint density at radius 2 is 2.20 bits per heavy atom. The molecule has 1 aromatic heterocycles. The maximum absolute atomic E-state index is 12.4. The van der Waals surface area contributed by atoms with E-state index in [-0.39, 0.29) is 11.2 Å². The molecular formula is C13H22N2O4S. The third-order valence-corrected chi connectivity index (χ3v) is 4.86. The molecule has 0 aliphatic carbocycles. The maximum Gasteiger partial charge on any atom is 0.276 e. The normalized spacial score (nSPS) is 21.5. The van der Waals surface area contributed by atoms with Gasteiger partial charge in [-0.3, -0.25) is 0 Å². The van der Waals surface area contributed by atoms with Crippen LogP contribution in [0.4, 0.5) is 0 Å². The molecule has 0 amide bonds. The van der Waals surface area contributed by atoms with E-state index in [1.54, 1.807) is 6.07 Å². The van der Waals surface area contributed by atoms with E-state index in [0.29, 0.717) is 38.0 Å². The van der Waals surface area contributed by atoms with E-state index in [2.05, 4.69) is 5.32 Å². The Hall–Kier alpha value is -0.890. The van der Waals surface area contributed by atoms with Crippen LogP contribution < -0.4 is 5.32 Å². The van der Waals surface area contributed by atoms with Crippen molar-refractivity contribution in [3.8, 4) is 0 Å². The molecule has 6 nitrogen and oxygen atoms in total. The summed E-state index contributed by atoms with van der Waals surface area (Å²) in [4.78, 5) is 0. The van der Waals surface area contributed by atoms with Crippen molar-refractivity contribution < 1.29 is 17.6 Å². The van der Waals surface area contributed by atoms with Gasteiger partial charge in [-0.05, 0) is 19.1 Å². The van der Waals surface area contributed by atoms with Crippen molar-refractivity contribution in [1.82, 2.24) is 9.62 Å². The van der Waals surface area contributed by atoms with Gasteiger partial charge in [0.15, 0.2) is 0 Å². The highest BCUT2D eigenvalue weighted by Gasteiger charge is 2.31. The molecule has 1 aliphatic rings. The molecule has 20 heavy (non-hydrogen) atoms. The Balaban J connectivity index is 2.09. The Bertz CT molecular complexity index is 538. The minimum absolute atomic E-state index is 0.00663. The zero-order valence-electron chi connectivity index (χ0n) is 12.1.